The van der Waals surface area contributed by atoms with Crippen LogP contribution in [0.3, 0.4) is 0 Å². The number of hydrogen-bond donors (Lipinski definition) is 1. The van der Waals surface area contributed by atoms with Crippen molar-refractivity contribution in [2.75, 3.05) is 0 Å². The Morgan fingerprint density at radius 3 is 2.83 bits per heavy atom. The summed E-state index contributed by atoms with van der Waals surface area (Å²) in [6.45, 7) is 0.576. The molecular weight excluding hydrogens is 256 g/mol. The summed E-state index contributed by atoms with van der Waals surface area (Å²) in [6, 6.07) is 3.92. The number of nitrogens with one attached hydrogen (secondary N) is 1. The van der Waals surface area contributed by atoms with Crippen LogP contribution in [-0.2, 0) is 11.3 Å². The number of thiophene rings is 1. The first kappa shape index (κ1) is 14.8. The molecule has 100 valence electrons. The Morgan fingerprint density at radius 1 is 1.33 bits per heavy atom. The number of carbonyl (C=O) groups is 1. The van der Waals surface area contributed by atoms with Gasteiger partial charge in [0.1, 0.15) is 0 Å². The van der Waals surface area contributed by atoms with Crippen molar-refractivity contribution < 1.29 is 13.6 Å². The molecule has 0 fully saturated rings. The van der Waals surface area contributed by atoms with Crippen LogP contribution in [0.15, 0.2) is 29.7 Å². The molecule has 1 N–H and O–H groups in total. The summed E-state index contributed by atoms with van der Waals surface area (Å²) >= 11 is 1.61. The number of hydrogen-bond acceptors (Lipinski definition) is 2. The Bertz CT molecular complexity index is 372. The van der Waals surface area contributed by atoms with Gasteiger partial charge in [0.05, 0.1) is 6.54 Å². The number of amides is 1. The van der Waals surface area contributed by atoms with Crippen LogP contribution in [0.1, 0.15) is 37.0 Å². The van der Waals surface area contributed by atoms with Crippen LogP contribution in [0.2, 0.25) is 0 Å². The summed E-state index contributed by atoms with van der Waals surface area (Å²) in [7, 11) is 0. The fourth-order valence-electron chi connectivity index (χ4n) is 1.51. The SMILES string of the molecule is O=C(CCCCCC=C(F)F)NCc1cccs1. The molecule has 0 bridgehead atoms. The zero-order valence-electron chi connectivity index (χ0n) is 10.1. The summed E-state index contributed by atoms with van der Waals surface area (Å²) < 4.78 is 23.4. The standard InChI is InChI=1S/C13H17F2NOS/c14-12(15)7-3-1-2-4-8-13(17)16-10-11-6-5-9-18-11/h5-7,9H,1-4,8,10H2,(H,16,17). The number of unbranched alkanes of at least 4 members (excludes halogenated alkanes) is 3. The van der Waals surface area contributed by atoms with E-state index in [0.717, 1.165) is 23.8 Å². The largest absolute Gasteiger partial charge is 0.351 e. The third-order valence-corrected chi connectivity index (χ3v) is 3.32. The van der Waals surface area contributed by atoms with E-state index in [0.29, 0.717) is 25.8 Å². The lowest BCUT2D eigenvalue weighted by Crippen LogP contribution is -2.21. The monoisotopic (exact) mass is 273 g/mol. The number of halogens is 2. The van der Waals surface area contributed by atoms with E-state index in [4.69, 9.17) is 0 Å². The molecule has 0 radical (unpaired) electrons. The lowest BCUT2D eigenvalue weighted by atomic mass is 10.1. The highest BCUT2D eigenvalue weighted by molar-refractivity contribution is 7.09. The van der Waals surface area contributed by atoms with Gasteiger partial charge >= 0.3 is 0 Å². The summed E-state index contributed by atoms with van der Waals surface area (Å²) in [6.07, 6.45) is 2.41. The molecule has 0 atom stereocenters. The minimum Gasteiger partial charge on any atom is -0.351 e. The summed E-state index contributed by atoms with van der Waals surface area (Å²) in [5.74, 6) is 0.0237. The molecule has 0 aliphatic heterocycles. The Hall–Kier alpha value is -1.23. The molecule has 1 amide bonds. The smallest absolute Gasteiger partial charge is 0.266 e. The molecule has 2 nitrogen and oxygen atoms in total. The van der Waals surface area contributed by atoms with Crippen molar-refractivity contribution in [3.8, 4) is 0 Å². The maximum absolute atomic E-state index is 11.7. The molecule has 0 unspecified atom stereocenters. The van der Waals surface area contributed by atoms with Crippen LogP contribution >= 0.6 is 11.3 Å². The molecule has 0 saturated carbocycles. The molecule has 0 saturated heterocycles. The van der Waals surface area contributed by atoms with Gasteiger partial charge in [0, 0.05) is 11.3 Å². The van der Waals surface area contributed by atoms with E-state index < -0.39 is 6.08 Å². The zero-order valence-corrected chi connectivity index (χ0v) is 10.9. The number of rotatable bonds is 8. The van der Waals surface area contributed by atoms with Crippen molar-refractivity contribution >= 4 is 17.2 Å². The van der Waals surface area contributed by atoms with Crippen LogP contribution < -0.4 is 5.32 Å². The molecule has 18 heavy (non-hydrogen) atoms. The Kier molecular flexibility index (Phi) is 7.25. The van der Waals surface area contributed by atoms with Crippen molar-refractivity contribution in [2.45, 2.75) is 38.6 Å². The second kappa shape index (κ2) is 8.80. The minimum absolute atomic E-state index is 0.0237. The van der Waals surface area contributed by atoms with Crippen LogP contribution in [0.5, 0.6) is 0 Å². The zero-order chi connectivity index (χ0) is 13.2. The van der Waals surface area contributed by atoms with Gasteiger partial charge in [-0.15, -0.1) is 11.3 Å². The van der Waals surface area contributed by atoms with E-state index >= 15 is 0 Å². The third kappa shape index (κ3) is 7.17. The molecule has 1 aromatic heterocycles. The first-order chi connectivity index (χ1) is 8.68. The highest BCUT2D eigenvalue weighted by atomic mass is 32.1. The first-order valence-electron chi connectivity index (χ1n) is 5.98. The molecule has 0 aromatic carbocycles. The van der Waals surface area contributed by atoms with Crippen molar-refractivity contribution in [2.24, 2.45) is 0 Å². The van der Waals surface area contributed by atoms with Crippen molar-refractivity contribution in [3.05, 3.63) is 34.5 Å². The molecule has 5 heteroatoms. The second-order valence-electron chi connectivity index (χ2n) is 3.95. The summed E-state index contributed by atoms with van der Waals surface area (Å²) in [5.41, 5.74) is 0. The van der Waals surface area contributed by atoms with Gasteiger partial charge in [-0.3, -0.25) is 4.79 Å². The highest BCUT2D eigenvalue weighted by Gasteiger charge is 2.01. The van der Waals surface area contributed by atoms with E-state index in [9.17, 15) is 13.6 Å². The predicted octanol–water partition coefficient (Wildman–Crippen LogP) is 4.10. The molecule has 1 heterocycles. The van der Waals surface area contributed by atoms with Gasteiger partial charge in [-0.25, -0.2) is 0 Å². The van der Waals surface area contributed by atoms with Crippen LogP contribution in [0.4, 0.5) is 8.78 Å². The van der Waals surface area contributed by atoms with E-state index in [-0.39, 0.29) is 5.91 Å². The van der Waals surface area contributed by atoms with Gasteiger partial charge in [-0.05, 0) is 36.8 Å². The average Bonchev–Trinajstić information content (AvgIpc) is 2.83. The number of allylic oxidation sites excluding steroid dienone is 1. The van der Waals surface area contributed by atoms with Crippen LogP contribution in [0, 0.1) is 0 Å². The Labute approximate surface area is 110 Å². The van der Waals surface area contributed by atoms with E-state index in [1.807, 2.05) is 17.5 Å². The number of carbonyl (C=O) groups excluding carboxylic acids is 1. The van der Waals surface area contributed by atoms with Crippen molar-refractivity contribution in [3.63, 3.8) is 0 Å². The third-order valence-electron chi connectivity index (χ3n) is 2.45. The van der Waals surface area contributed by atoms with E-state index in [2.05, 4.69) is 5.32 Å². The minimum atomic E-state index is -1.62. The maximum atomic E-state index is 11.7. The average molecular weight is 273 g/mol. The molecule has 0 aliphatic rings. The highest BCUT2D eigenvalue weighted by Crippen LogP contribution is 2.09. The van der Waals surface area contributed by atoms with E-state index in [1.165, 1.54) is 0 Å². The van der Waals surface area contributed by atoms with Gasteiger partial charge in [-0.1, -0.05) is 12.5 Å². The Morgan fingerprint density at radius 2 is 2.17 bits per heavy atom. The topological polar surface area (TPSA) is 29.1 Å². The Balaban J connectivity index is 1.98. The second-order valence-corrected chi connectivity index (χ2v) is 4.98. The summed E-state index contributed by atoms with van der Waals surface area (Å²) in [4.78, 5) is 12.6. The van der Waals surface area contributed by atoms with Gasteiger partial charge in [0.15, 0.2) is 0 Å². The fraction of sp³-hybridized carbons (Fsp3) is 0.462. The van der Waals surface area contributed by atoms with Crippen molar-refractivity contribution in [1.29, 1.82) is 0 Å². The lowest BCUT2D eigenvalue weighted by molar-refractivity contribution is -0.121. The molecule has 0 spiro atoms. The van der Waals surface area contributed by atoms with Gasteiger partial charge < -0.3 is 5.32 Å². The van der Waals surface area contributed by atoms with Crippen molar-refractivity contribution in [1.82, 2.24) is 5.32 Å². The quantitative estimate of drug-likeness (QED) is 0.710. The normalized spacial score (nSPS) is 10.1. The summed E-state index contributed by atoms with van der Waals surface area (Å²) in [5, 5.41) is 4.80. The maximum Gasteiger partial charge on any atom is 0.266 e. The molecule has 0 aliphatic carbocycles. The lowest BCUT2D eigenvalue weighted by Gasteiger charge is -2.03. The van der Waals surface area contributed by atoms with Gasteiger partial charge in [0.2, 0.25) is 5.91 Å². The first-order valence-corrected chi connectivity index (χ1v) is 6.86. The van der Waals surface area contributed by atoms with E-state index in [1.54, 1.807) is 11.3 Å². The predicted molar refractivity (Wildman–Crippen MR) is 69.5 cm³/mol. The van der Waals surface area contributed by atoms with Crippen LogP contribution in [0.25, 0.3) is 0 Å². The van der Waals surface area contributed by atoms with Gasteiger partial charge in [-0.2, -0.15) is 8.78 Å². The molecular formula is C13H17F2NOS. The molecule has 1 rings (SSSR count). The fourth-order valence-corrected chi connectivity index (χ4v) is 2.15. The van der Waals surface area contributed by atoms with Crippen LogP contribution in [-0.4, -0.2) is 5.91 Å². The molecule has 1 aromatic rings. The van der Waals surface area contributed by atoms with Gasteiger partial charge in [0.25, 0.3) is 6.08 Å².